The Balaban J connectivity index is 1.92. The van der Waals surface area contributed by atoms with Gasteiger partial charge in [-0.2, -0.15) is 0 Å². The van der Waals surface area contributed by atoms with Gasteiger partial charge in [0.25, 0.3) is 5.91 Å². The van der Waals surface area contributed by atoms with Crippen molar-refractivity contribution in [3.63, 3.8) is 0 Å². The zero-order chi connectivity index (χ0) is 14.4. The molecule has 0 saturated carbocycles. The highest BCUT2D eigenvalue weighted by atomic mass is 19.1. The Labute approximate surface area is 119 Å². The monoisotopic (exact) mass is 279 g/mol. The van der Waals surface area contributed by atoms with E-state index in [9.17, 15) is 9.18 Å². The van der Waals surface area contributed by atoms with Gasteiger partial charge in [0.15, 0.2) is 0 Å². The van der Waals surface area contributed by atoms with E-state index in [1.54, 1.807) is 12.1 Å². The first-order chi connectivity index (χ1) is 9.70. The Morgan fingerprint density at radius 1 is 1.30 bits per heavy atom. The molecule has 0 aromatic heterocycles. The van der Waals surface area contributed by atoms with Crippen LogP contribution in [0.1, 0.15) is 43.0 Å². The lowest BCUT2D eigenvalue weighted by Crippen LogP contribution is -2.32. The van der Waals surface area contributed by atoms with Crippen LogP contribution in [-0.4, -0.2) is 36.6 Å². The van der Waals surface area contributed by atoms with E-state index in [0.717, 1.165) is 38.8 Å². The van der Waals surface area contributed by atoms with Crippen molar-refractivity contribution >= 4 is 5.91 Å². The Hall–Kier alpha value is -1.42. The maximum atomic E-state index is 12.9. The van der Waals surface area contributed by atoms with Crippen LogP contribution in [0.5, 0.6) is 0 Å². The van der Waals surface area contributed by atoms with Gasteiger partial charge < -0.3 is 9.64 Å². The average molecular weight is 279 g/mol. The molecule has 3 nitrogen and oxygen atoms in total. The first-order valence-corrected chi connectivity index (χ1v) is 7.37. The maximum Gasteiger partial charge on any atom is 0.253 e. The number of hydrogen-bond acceptors (Lipinski definition) is 2. The largest absolute Gasteiger partial charge is 0.378 e. The molecule has 1 heterocycles. The lowest BCUT2D eigenvalue weighted by Gasteiger charge is -2.20. The topological polar surface area (TPSA) is 29.5 Å². The number of likely N-dealkylation sites (tertiary alicyclic amines) is 1. The molecule has 0 spiro atoms. The van der Waals surface area contributed by atoms with Gasteiger partial charge in [0.1, 0.15) is 5.82 Å². The summed E-state index contributed by atoms with van der Waals surface area (Å²) in [6.45, 7) is 4.35. The molecule has 1 saturated heterocycles. The molecule has 110 valence electrons. The smallest absolute Gasteiger partial charge is 0.253 e. The first kappa shape index (κ1) is 15.0. The molecule has 1 amide bonds. The van der Waals surface area contributed by atoms with Gasteiger partial charge in [0.2, 0.25) is 0 Å². The van der Waals surface area contributed by atoms with Gasteiger partial charge >= 0.3 is 0 Å². The van der Waals surface area contributed by atoms with E-state index < -0.39 is 0 Å². The number of carbonyl (C=O) groups excluding carboxylic acids is 1. The molecular weight excluding hydrogens is 257 g/mol. The van der Waals surface area contributed by atoms with Crippen molar-refractivity contribution in [2.45, 2.75) is 38.7 Å². The van der Waals surface area contributed by atoms with E-state index >= 15 is 0 Å². The van der Waals surface area contributed by atoms with Crippen LogP contribution in [0, 0.1) is 5.82 Å². The number of hydrogen-bond donors (Lipinski definition) is 0. The van der Waals surface area contributed by atoms with Crippen molar-refractivity contribution in [2.75, 3.05) is 19.7 Å². The van der Waals surface area contributed by atoms with Crippen LogP contribution in [0.4, 0.5) is 4.39 Å². The van der Waals surface area contributed by atoms with Gasteiger partial charge in [-0.05, 0) is 49.9 Å². The van der Waals surface area contributed by atoms with E-state index in [0.29, 0.717) is 12.1 Å². The second kappa shape index (κ2) is 7.39. The molecule has 1 aliphatic rings. The molecule has 0 aliphatic carbocycles. The fraction of sp³-hybridized carbons (Fsp3) is 0.562. The van der Waals surface area contributed by atoms with E-state index in [1.165, 1.54) is 12.1 Å². The highest BCUT2D eigenvalue weighted by Gasteiger charge is 2.21. The molecule has 1 aromatic rings. The quantitative estimate of drug-likeness (QED) is 0.846. The summed E-state index contributed by atoms with van der Waals surface area (Å²) in [7, 11) is 0. The molecule has 1 fully saturated rings. The van der Waals surface area contributed by atoms with Crippen molar-refractivity contribution in [3.8, 4) is 0 Å². The Morgan fingerprint density at radius 3 is 2.75 bits per heavy atom. The fourth-order valence-electron chi connectivity index (χ4n) is 2.50. The summed E-state index contributed by atoms with van der Waals surface area (Å²) in [5, 5.41) is 0. The van der Waals surface area contributed by atoms with E-state index in [-0.39, 0.29) is 17.8 Å². The number of benzene rings is 1. The van der Waals surface area contributed by atoms with Crippen LogP contribution in [-0.2, 0) is 4.74 Å². The van der Waals surface area contributed by atoms with E-state index in [4.69, 9.17) is 4.74 Å². The third-order valence-electron chi connectivity index (χ3n) is 3.61. The highest BCUT2D eigenvalue weighted by molar-refractivity contribution is 5.94. The Bertz CT molecular complexity index is 433. The van der Waals surface area contributed by atoms with Gasteiger partial charge in [-0.25, -0.2) is 4.39 Å². The number of amides is 1. The van der Waals surface area contributed by atoms with Gasteiger partial charge in [-0.1, -0.05) is 6.92 Å². The summed E-state index contributed by atoms with van der Waals surface area (Å²) in [4.78, 5) is 14.2. The summed E-state index contributed by atoms with van der Waals surface area (Å²) in [5.41, 5.74) is 0.555. The van der Waals surface area contributed by atoms with Gasteiger partial charge in [0.05, 0.1) is 6.10 Å². The number of nitrogens with zero attached hydrogens (tertiary/aromatic N) is 1. The molecule has 4 heteroatoms. The molecule has 0 bridgehead atoms. The Kier molecular flexibility index (Phi) is 5.53. The van der Waals surface area contributed by atoms with Crippen LogP contribution in [0.25, 0.3) is 0 Å². The molecule has 2 rings (SSSR count). The van der Waals surface area contributed by atoms with Crippen LogP contribution in [0.15, 0.2) is 24.3 Å². The molecule has 0 unspecified atom stereocenters. The SMILES string of the molecule is CCCO[C@@H]1CCCN(C(=O)c2ccc(F)cc2)CC1. The summed E-state index contributed by atoms with van der Waals surface area (Å²) in [6.07, 6.45) is 4.14. The second-order valence-corrected chi connectivity index (χ2v) is 5.22. The predicted octanol–water partition coefficient (Wildman–Crippen LogP) is 3.25. The lowest BCUT2D eigenvalue weighted by molar-refractivity contribution is 0.0432. The fourth-order valence-corrected chi connectivity index (χ4v) is 2.50. The van der Waals surface area contributed by atoms with Gasteiger partial charge in [-0.3, -0.25) is 4.79 Å². The molecule has 1 atom stereocenters. The van der Waals surface area contributed by atoms with Gasteiger partial charge in [0, 0.05) is 25.3 Å². The minimum atomic E-state index is -0.314. The van der Waals surface area contributed by atoms with Crippen molar-refractivity contribution in [1.82, 2.24) is 4.90 Å². The molecule has 0 N–H and O–H groups in total. The third-order valence-corrected chi connectivity index (χ3v) is 3.61. The first-order valence-electron chi connectivity index (χ1n) is 7.37. The molecular formula is C16H22FNO2. The summed E-state index contributed by atoms with van der Waals surface area (Å²) in [6, 6.07) is 5.76. The minimum Gasteiger partial charge on any atom is -0.378 e. The van der Waals surface area contributed by atoms with Crippen LogP contribution in [0.3, 0.4) is 0 Å². The highest BCUT2D eigenvalue weighted by Crippen LogP contribution is 2.17. The number of rotatable bonds is 4. The summed E-state index contributed by atoms with van der Waals surface area (Å²) in [5.74, 6) is -0.327. The van der Waals surface area contributed by atoms with Crippen molar-refractivity contribution in [3.05, 3.63) is 35.6 Å². The van der Waals surface area contributed by atoms with Crippen LogP contribution >= 0.6 is 0 Å². The van der Waals surface area contributed by atoms with E-state index in [2.05, 4.69) is 6.92 Å². The summed E-state index contributed by atoms with van der Waals surface area (Å²) >= 11 is 0. The maximum absolute atomic E-state index is 12.9. The third kappa shape index (κ3) is 4.04. The number of carbonyl (C=O) groups is 1. The van der Waals surface area contributed by atoms with E-state index in [1.807, 2.05) is 4.90 Å². The molecule has 1 aromatic carbocycles. The van der Waals surface area contributed by atoms with Crippen molar-refractivity contribution in [1.29, 1.82) is 0 Å². The second-order valence-electron chi connectivity index (χ2n) is 5.22. The molecule has 1 aliphatic heterocycles. The Morgan fingerprint density at radius 2 is 2.05 bits per heavy atom. The zero-order valence-corrected chi connectivity index (χ0v) is 12.0. The standard InChI is InChI=1S/C16H22FNO2/c1-2-12-20-15-4-3-10-18(11-9-15)16(19)13-5-7-14(17)8-6-13/h5-8,15H,2-4,9-12H2,1H3/t15-/m1/s1. The molecule has 20 heavy (non-hydrogen) atoms. The number of ether oxygens (including phenoxy) is 1. The van der Waals surface area contributed by atoms with Crippen molar-refractivity contribution < 1.29 is 13.9 Å². The number of halogens is 1. The van der Waals surface area contributed by atoms with Crippen molar-refractivity contribution in [2.24, 2.45) is 0 Å². The van der Waals surface area contributed by atoms with Crippen LogP contribution in [0.2, 0.25) is 0 Å². The van der Waals surface area contributed by atoms with Gasteiger partial charge in [-0.15, -0.1) is 0 Å². The molecule has 0 radical (unpaired) electrons. The zero-order valence-electron chi connectivity index (χ0n) is 12.0. The average Bonchev–Trinajstić information content (AvgIpc) is 2.70. The predicted molar refractivity (Wildman–Crippen MR) is 76.2 cm³/mol. The van der Waals surface area contributed by atoms with Crippen LogP contribution < -0.4 is 0 Å². The minimum absolute atomic E-state index is 0.0128. The lowest BCUT2D eigenvalue weighted by atomic mass is 10.1. The summed E-state index contributed by atoms with van der Waals surface area (Å²) < 4.78 is 18.7. The normalized spacial score (nSPS) is 19.7.